The van der Waals surface area contributed by atoms with Crippen LogP contribution in [0.4, 0.5) is 5.82 Å². The van der Waals surface area contributed by atoms with Crippen molar-refractivity contribution in [1.29, 1.82) is 0 Å². The normalized spacial score (nSPS) is 13.2. The van der Waals surface area contributed by atoms with Crippen LogP contribution < -0.4 is 4.90 Å². The van der Waals surface area contributed by atoms with Crippen LogP contribution >= 0.6 is 0 Å². The Bertz CT molecular complexity index is 1020. The van der Waals surface area contributed by atoms with E-state index in [1.54, 1.807) is 0 Å². The van der Waals surface area contributed by atoms with E-state index < -0.39 is 0 Å². The van der Waals surface area contributed by atoms with Crippen LogP contribution in [0, 0.1) is 13.8 Å². The van der Waals surface area contributed by atoms with E-state index in [2.05, 4.69) is 73.9 Å². The van der Waals surface area contributed by atoms with E-state index in [1.165, 1.54) is 30.4 Å². The van der Waals surface area contributed by atoms with Crippen LogP contribution in [0.3, 0.4) is 0 Å². The highest BCUT2D eigenvalue weighted by Crippen LogP contribution is 2.35. The second kappa shape index (κ2) is 9.91. The largest absolute Gasteiger partial charge is 0.355 e. The lowest BCUT2D eigenvalue weighted by Gasteiger charge is -2.30. The van der Waals surface area contributed by atoms with Crippen molar-refractivity contribution >= 4 is 5.82 Å². The van der Waals surface area contributed by atoms with Crippen LogP contribution in [-0.2, 0) is 6.42 Å². The first-order valence-electron chi connectivity index (χ1n) is 11.6. The maximum Gasteiger partial charge on any atom is 0.151 e. The molecule has 1 aliphatic rings. The summed E-state index contributed by atoms with van der Waals surface area (Å²) in [7, 11) is 0. The zero-order valence-electron chi connectivity index (χ0n) is 18.9. The Hall–Kier alpha value is -2.94. The summed E-state index contributed by atoms with van der Waals surface area (Å²) >= 11 is 0. The quantitative estimate of drug-likeness (QED) is 0.297. The van der Waals surface area contributed by atoms with Crippen molar-refractivity contribution in [1.82, 2.24) is 9.97 Å². The molecule has 0 bridgehead atoms. The molecule has 4 rings (SSSR count). The third-order valence-electron chi connectivity index (χ3n) is 6.07. The molecule has 3 aromatic rings. The summed E-state index contributed by atoms with van der Waals surface area (Å²) in [5.74, 6) is 1.08. The van der Waals surface area contributed by atoms with Gasteiger partial charge in [0.05, 0.1) is 17.1 Å². The maximum absolute atomic E-state index is 5.26. The van der Waals surface area contributed by atoms with Crippen molar-refractivity contribution < 1.29 is 0 Å². The SMILES string of the molecule is C=CCCCCCN1CCCc2nc(-c3ccc(C)cc3)c(-c3ccc(C)cc3)nc21. The molecule has 3 nitrogen and oxygen atoms in total. The summed E-state index contributed by atoms with van der Waals surface area (Å²) in [4.78, 5) is 12.9. The Morgan fingerprint density at radius 3 is 2.06 bits per heavy atom. The van der Waals surface area contributed by atoms with Crippen molar-refractivity contribution in [2.45, 2.75) is 52.4 Å². The van der Waals surface area contributed by atoms with E-state index >= 15 is 0 Å². The Morgan fingerprint density at radius 2 is 1.45 bits per heavy atom. The summed E-state index contributed by atoms with van der Waals surface area (Å²) in [6, 6.07) is 17.3. The molecule has 1 aliphatic heterocycles. The molecule has 2 aromatic carbocycles. The summed E-state index contributed by atoms with van der Waals surface area (Å²) in [5, 5.41) is 0. The van der Waals surface area contributed by atoms with Gasteiger partial charge in [0, 0.05) is 24.2 Å². The second-order valence-corrected chi connectivity index (χ2v) is 8.65. The van der Waals surface area contributed by atoms with Crippen molar-refractivity contribution in [3.8, 4) is 22.5 Å². The molecule has 0 spiro atoms. The molecule has 1 aromatic heterocycles. The first-order chi connectivity index (χ1) is 15.2. The highest BCUT2D eigenvalue weighted by molar-refractivity contribution is 5.79. The van der Waals surface area contributed by atoms with Gasteiger partial charge in [0.15, 0.2) is 5.82 Å². The van der Waals surface area contributed by atoms with Gasteiger partial charge in [0.25, 0.3) is 0 Å². The van der Waals surface area contributed by atoms with Gasteiger partial charge in [-0.25, -0.2) is 9.97 Å². The average Bonchev–Trinajstić information content (AvgIpc) is 2.79. The summed E-state index contributed by atoms with van der Waals surface area (Å²) in [6.07, 6.45) is 8.91. The maximum atomic E-state index is 5.26. The van der Waals surface area contributed by atoms with Gasteiger partial charge in [-0.15, -0.1) is 6.58 Å². The van der Waals surface area contributed by atoms with Crippen molar-refractivity contribution in [3.05, 3.63) is 78.0 Å². The summed E-state index contributed by atoms with van der Waals surface area (Å²) < 4.78 is 0. The Labute approximate surface area is 186 Å². The topological polar surface area (TPSA) is 29.0 Å². The highest BCUT2D eigenvalue weighted by Gasteiger charge is 2.23. The van der Waals surface area contributed by atoms with Crippen molar-refractivity contribution in [2.24, 2.45) is 0 Å². The lowest BCUT2D eigenvalue weighted by Crippen LogP contribution is -2.32. The minimum atomic E-state index is 0.987. The summed E-state index contributed by atoms with van der Waals surface area (Å²) in [5.41, 5.74) is 7.91. The fourth-order valence-corrected chi connectivity index (χ4v) is 4.24. The smallest absolute Gasteiger partial charge is 0.151 e. The molecule has 0 saturated heterocycles. The number of fused-ring (bicyclic) bond motifs is 1. The number of aryl methyl sites for hydroxylation is 3. The van der Waals surface area contributed by atoms with Gasteiger partial charge in [-0.05, 0) is 46.0 Å². The average molecular weight is 412 g/mol. The van der Waals surface area contributed by atoms with E-state index in [9.17, 15) is 0 Å². The molecule has 0 unspecified atom stereocenters. The number of anilines is 1. The molecule has 0 atom stereocenters. The van der Waals surface area contributed by atoms with Gasteiger partial charge < -0.3 is 4.90 Å². The minimum absolute atomic E-state index is 0.987. The predicted octanol–water partition coefficient (Wildman–Crippen LogP) is 6.93. The molecule has 0 fully saturated rings. The van der Waals surface area contributed by atoms with Crippen LogP contribution in [-0.4, -0.2) is 23.1 Å². The molecule has 0 radical (unpaired) electrons. The number of benzene rings is 2. The van der Waals surface area contributed by atoms with Crippen molar-refractivity contribution in [2.75, 3.05) is 18.0 Å². The van der Waals surface area contributed by atoms with E-state index in [0.29, 0.717) is 0 Å². The number of nitrogens with zero attached hydrogens (tertiary/aromatic N) is 3. The van der Waals surface area contributed by atoms with Crippen molar-refractivity contribution in [3.63, 3.8) is 0 Å². The Kier molecular flexibility index (Phi) is 6.81. The third-order valence-corrected chi connectivity index (χ3v) is 6.07. The van der Waals surface area contributed by atoms with Gasteiger partial charge in [-0.2, -0.15) is 0 Å². The Balaban J connectivity index is 1.72. The molecule has 31 heavy (non-hydrogen) atoms. The molecule has 0 saturated carbocycles. The molecule has 0 amide bonds. The van der Waals surface area contributed by atoms with Crippen LogP contribution in [0.5, 0.6) is 0 Å². The number of allylic oxidation sites excluding steroid dienone is 1. The third kappa shape index (κ3) is 5.04. The lowest BCUT2D eigenvalue weighted by molar-refractivity contribution is 0.615. The first kappa shape index (κ1) is 21.3. The highest BCUT2D eigenvalue weighted by atomic mass is 15.2. The summed E-state index contributed by atoms with van der Waals surface area (Å²) in [6.45, 7) is 10.2. The number of rotatable bonds is 8. The van der Waals surface area contributed by atoms with Crippen LogP contribution in [0.15, 0.2) is 61.2 Å². The molecule has 160 valence electrons. The number of aromatic nitrogens is 2. The number of unbranched alkanes of at least 4 members (excludes halogenated alkanes) is 3. The first-order valence-corrected chi connectivity index (χ1v) is 11.6. The van der Waals surface area contributed by atoms with E-state index in [-0.39, 0.29) is 0 Å². The fourth-order valence-electron chi connectivity index (χ4n) is 4.24. The van der Waals surface area contributed by atoms with Gasteiger partial charge in [-0.1, -0.05) is 72.2 Å². The van der Waals surface area contributed by atoms with E-state index in [0.717, 1.165) is 66.4 Å². The minimum Gasteiger partial charge on any atom is -0.355 e. The number of hydrogen-bond acceptors (Lipinski definition) is 3. The molecule has 0 N–H and O–H groups in total. The molecule has 0 aliphatic carbocycles. The van der Waals surface area contributed by atoms with Gasteiger partial charge in [0.1, 0.15) is 0 Å². The van der Waals surface area contributed by atoms with Crippen LogP contribution in [0.2, 0.25) is 0 Å². The monoisotopic (exact) mass is 411 g/mol. The molecular formula is C28H33N3. The van der Waals surface area contributed by atoms with E-state index in [4.69, 9.17) is 9.97 Å². The zero-order valence-corrected chi connectivity index (χ0v) is 18.9. The molecule has 3 heteroatoms. The second-order valence-electron chi connectivity index (χ2n) is 8.65. The predicted molar refractivity (Wildman–Crippen MR) is 132 cm³/mol. The van der Waals surface area contributed by atoms with Gasteiger partial charge >= 0.3 is 0 Å². The van der Waals surface area contributed by atoms with Gasteiger partial charge in [-0.3, -0.25) is 0 Å². The van der Waals surface area contributed by atoms with Gasteiger partial charge in [0.2, 0.25) is 0 Å². The zero-order chi connectivity index (χ0) is 21.6. The fraction of sp³-hybridized carbons (Fsp3) is 0.357. The van der Waals surface area contributed by atoms with Crippen LogP contribution in [0.1, 0.15) is 48.9 Å². The number of hydrogen-bond donors (Lipinski definition) is 0. The molecular weight excluding hydrogens is 378 g/mol. The standard InChI is InChI=1S/C28H33N3/c1-4-5-6-7-8-19-31-20-9-10-25-28(31)30-27(24-17-13-22(3)14-18-24)26(29-25)23-15-11-21(2)12-16-23/h4,11-18H,1,5-10,19-20H2,2-3H3. The Morgan fingerprint density at radius 1 is 0.839 bits per heavy atom. The van der Waals surface area contributed by atoms with E-state index in [1.807, 2.05) is 6.08 Å². The van der Waals surface area contributed by atoms with Crippen LogP contribution in [0.25, 0.3) is 22.5 Å². The molecule has 2 heterocycles. The lowest BCUT2D eigenvalue weighted by atomic mass is 10.0.